The number of methoxy groups -OCH3 is 1. The molecular formula is C18H18ClNO4. The Morgan fingerprint density at radius 1 is 1.17 bits per heavy atom. The number of halogens is 1. The van der Waals surface area contributed by atoms with E-state index in [1.54, 1.807) is 36.4 Å². The lowest BCUT2D eigenvalue weighted by Gasteiger charge is -2.11. The number of benzene rings is 2. The monoisotopic (exact) mass is 347 g/mol. The van der Waals surface area contributed by atoms with Crippen molar-refractivity contribution in [2.75, 3.05) is 19.0 Å². The van der Waals surface area contributed by atoms with Gasteiger partial charge in [0.2, 0.25) is 0 Å². The Morgan fingerprint density at radius 2 is 1.92 bits per heavy atom. The van der Waals surface area contributed by atoms with Crippen molar-refractivity contribution in [1.29, 1.82) is 0 Å². The number of carbonyl (C=O) groups is 2. The standard InChI is InChI=1S/C18H18ClNO4/c1-3-10-24-18(22)12-8-9-14(19)15(11-12)20-17(21)13-6-4-5-7-16(13)23-2/h4-9,11H,3,10H2,1-2H3,(H,20,21). The second kappa shape index (κ2) is 8.36. The van der Waals surface area contributed by atoms with E-state index < -0.39 is 5.97 Å². The largest absolute Gasteiger partial charge is 0.496 e. The van der Waals surface area contributed by atoms with Crippen LogP contribution in [-0.2, 0) is 4.74 Å². The van der Waals surface area contributed by atoms with Crippen molar-refractivity contribution in [2.45, 2.75) is 13.3 Å². The number of anilines is 1. The fraction of sp³-hybridized carbons (Fsp3) is 0.222. The van der Waals surface area contributed by atoms with Gasteiger partial charge in [0.1, 0.15) is 5.75 Å². The van der Waals surface area contributed by atoms with Gasteiger partial charge in [-0.05, 0) is 36.8 Å². The summed E-state index contributed by atoms with van der Waals surface area (Å²) in [4.78, 5) is 24.4. The summed E-state index contributed by atoms with van der Waals surface area (Å²) in [6, 6.07) is 11.4. The Kier molecular flexibility index (Phi) is 6.21. The number of esters is 1. The molecular weight excluding hydrogens is 330 g/mol. The summed E-state index contributed by atoms with van der Waals surface area (Å²) < 4.78 is 10.3. The first-order chi connectivity index (χ1) is 11.6. The van der Waals surface area contributed by atoms with Crippen LogP contribution in [-0.4, -0.2) is 25.6 Å². The molecule has 126 valence electrons. The summed E-state index contributed by atoms with van der Waals surface area (Å²) in [5.41, 5.74) is 1.02. The second-order valence-corrected chi connectivity index (χ2v) is 5.39. The maximum absolute atomic E-state index is 12.4. The zero-order valence-electron chi connectivity index (χ0n) is 13.5. The minimum absolute atomic E-state index is 0.322. The van der Waals surface area contributed by atoms with Crippen LogP contribution < -0.4 is 10.1 Å². The van der Waals surface area contributed by atoms with E-state index in [1.165, 1.54) is 13.2 Å². The average Bonchev–Trinajstić information content (AvgIpc) is 2.61. The summed E-state index contributed by atoms with van der Waals surface area (Å²) in [7, 11) is 1.49. The van der Waals surface area contributed by atoms with Crippen LogP contribution >= 0.6 is 11.6 Å². The summed E-state index contributed by atoms with van der Waals surface area (Å²) >= 11 is 6.11. The zero-order valence-corrected chi connectivity index (χ0v) is 14.2. The molecule has 0 radical (unpaired) electrons. The lowest BCUT2D eigenvalue weighted by Crippen LogP contribution is -2.14. The van der Waals surface area contributed by atoms with E-state index in [2.05, 4.69) is 5.32 Å². The van der Waals surface area contributed by atoms with Crippen molar-refractivity contribution in [3.8, 4) is 5.75 Å². The van der Waals surface area contributed by atoms with Crippen LogP contribution in [0.15, 0.2) is 42.5 Å². The van der Waals surface area contributed by atoms with E-state index in [9.17, 15) is 9.59 Å². The van der Waals surface area contributed by atoms with E-state index >= 15 is 0 Å². The Labute approximate surface area is 145 Å². The lowest BCUT2D eigenvalue weighted by molar-refractivity contribution is 0.0505. The first kappa shape index (κ1) is 17.8. The molecule has 0 saturated heterocycles. The second-order valence-electron chi connectivity index (χ2n) is 4.98. The molecule has 1 N–H and O–H groups in total. The van der Waals surface area contributed by atoms with E-state index in [0.29, 0.717) is 34.2 Å². The number of para-hydroxylation sites is 1. The summed E-state index contributed by atoms with van der Waals surface area (Å²) in [6.45, 7) is 2.25. The molecule has 0 atom stereocenters. The van der Waals surface area contributed by atoms with Crippen molar-refractivity contribution in [3.05, 3.63) is 58.6 Å². The fourth-order valence-electron chi connectivity index (χ4n) is 2.05. The van der Waals surface area contributed by atoms with Gasteiger partial charge >= 0.3 is 5.97 Å². The molecule has 6 heteroatoms. The Hall–Kier alpha value is -2.53. The molecule has 0 bridgehead atoms. The topological polar surface area (TPSA) is 64.6 Å². The van der Waals surface area contributed by atoms with Crippen molar-refractivity contribution in [2.24, 2.45) is 0 Å². The van der Waals surface area contributed by atoms with Gasteiger partial charge in [-0.15, -0.1) is 0 Å². The van der Waals surface area contributed by atoms with Gasteiger partial charge in [0, 0.05) is 0 Å². The van der Waals surface area contributed by atoms with Gasteiger partial charge in [-0.3, -0.25) is 4.79 Å². The van der Waals surface area contributed by atoms with Crippen molar-refractivity contribution >= 4 is 29.2 Å². The molecule has 0 heterocycles. The van der Waals surface area contributed by atoms with Gasteiger partial charge in [-0.1, -0.05) is 30.7 Å². The highest BCUT2D eigenvalue weighted by atomic mass is 35.5. The van der Waals surface area contributed by atoms with Crippen LogP contribution in [0.25, 0.3) is 0 Å². The molecule has 0 fully saturated rings. The Bertz CT molecular complexity index is 746. The number of rotatable bonds is 6. The van der Waals surface area contributed by atoms with Crippen molar-refractivity contribution in [1.82, 2.24) is 0 Å². The number of nitrogens with one attached hydrogen (secondary N) is 1. The average molecular weight is 348 g/mol. The van der Waals surface area contributed by atoms with Gasteiger partial charge < -0.3 is 14.8 Å². The normalized spacial score (nSPS) is 10.1. The molecule has 0 aliphatic heterocycles. The third kappa shape index (κ3) is 4.26. The van der Waals surface area contributed by atoms with E-state index in [4.69, 9.17) is 21.1 Å². The minimum Gasteiger partial charge on any atom is -0.496 e. The Morgan fingerprint density at radius 3 is 2.62 bits per heavy atom. The van der Waals surface area contributed by atoms with E-state index in [-0.39, 0.29) is 5.91 Å². The van der Waals surface area contributed by atoms with Crippen molar-refractivity contribution in [3.63, 3.8) is 0 Å². The molecule has 0 spiro atoms. The zero-order chi connectivity index (χ0) is 17.5. The van der Waals surface area contributed by atoms with Crippen LogP contribution in [0.3, 0.4) is 0 Å². The molecule has 0 aromatic heterocycles. The third-order valence-corrected chi connectivity index (χ3v) is 3.57. The predicted octanol–water partition coefficient (Wildman–Crippen LogP) is 4.17. The maximum Gasteiger partial charge on any atom is 0.338 e. The van der Waals surface area contributed by atoms with Crippen LogP contribution in [0, 0.1) is 0 Å². The molecule has 0 aliphatic rings. The van der Waals surface area contributed by atoms with Crippen molar-refractivity contribution < 1.29 is 19.1 Å². The maximum atomic E-state index is 12.4. The highest BCUT2D eigenvalue weighted by molar-refractivity contribution is 6.34. The lowest BCUT2D eigenvalue weighted by atomic mass is 10.1. The van der Waals surface area contributed by atoms with E-state index in [0.717, 1.165) is 6.42 Å². The SMILES string of the molecule is CCCOC(=O)c1ccc(Cl)c(NC(=O)c2ccccc2OC)c1. The predicted molar refractivity (Wildman–Crippen MR) is 93.0 cm³/mol. The quantitative estimate of drug-likeness (QED) is 0.796. The molecule has 0 saturated carbocycles. The first-order valence-corrected chi connectivity index (χ1v) is 7.85. The van der Waals surface area contributed by atoms with Gasteiger partial charge in [0.05, 0.1) is 35.6 Å². The molecule has 2 aromatic rings. The number of hydrogen-bond acceptors (Lipinski definition) is 4. The number of ether oxygens (including phenoxy) is 2. The van der Waals surface area contributed by atoms with Gasteiger partial charge in [-0.25, -0.2) is 4.79 Å². The fourth-order valence-corrected chi connectivity index (χ4v) is 2.21. The van der Waals surface area contributed by atoms with E-state index in [1.807, 2.05) is 6.92 Å². The highest BCUT2D eigenvalue weighted by Gasteiger charge is 2.15. The van der Waals surface area contributed by atoms with Gasteiger partial charge in [-0.2, -0.15) is 0 Å². The first-order valence-electron chi connectivity index (χ1n) is 7.47. The number of amides is 1. The minimum atomic E-state index is -0.457. The number of carbonyl (C=O) groups excluding carboxylic acids is 2. The van der Waals surface area contributed by atoms with Gasteiger partial charge in [0.25, 0.3) is 5.91 Å². The van der Waals surface area contributed by atoms with Crippen LogP contribution in [0.5, 0.6) is 5.75 Å². The summed E-state index contributed by atoms with van der Waals surface area (Å²) in [6.07, 6.45) is 0.733. The third-order valence-electron chi connectivity index (χ3n) is 3.24. The smallest absolute Gasteiger partial charge is 0.338 e. The molecule has 2 aromatic carbocycles. The van der Waals surface area contributed by atoms with Gasteiger partial charge in [0.15, 0.2) is 0 Å². The van der Waals surface area contributed by atoms with Crippen LogP contribution in [0.4, 0.5) is 5.69 Å². The molecule has 24 heavy (non-hydrogen) atoms. The molecule has 2 rings (SSSR count). The van der Waals surface area contributed by atoms with Crippen LogP contribution in [0.1, 0.15) is 34.1 Å². The Balaban J connectivity index is 2.22. The summed E-state index contributed by atoms with van der Waals surface area (Å²) in [5.74, 6) is -0.389. The molecule has 1 amide bonds. The highest BCUT2D eigenvalue weighted by Crippen LogP contribution is 2.26. The molecule has 0 aliphatic carbocycles. The molecule has 5 nitrogen and oxygen atoms in total. The summed E-state index contributed by atoms with van der Waals surface area (Å²) in [5, 5.41) is 3.02. The molecule has 0 unspecified atom stereocenters. The van der Waals surface area contributed by atoms with Crippen LogP contribution in [0.2, 0.25) is 5.02 Å². The number of hydrogen-bond donors (Lipinski definition) is 1.